The average molecular weight is 253 g/mol. The van der Waals surface area contributed by atoms with Crippen LogP contribution in [0, 0.1) is 11.8 Å². The Hall–Kier alpha value is -1.82. The zero-order valence-corrected chi connectivity index (χ0v) is 11.6. The Morgan fingerprint density at radius 1 is 1.11 bits per heavy atom. The van der Waals surface area contributed by atoms with E-state index in [1.807, 2.05) is 61.5 Å². The largest absolute Gasteiger partial charge is 0.374 e. The molecule has 0 saturated heterocycles. The topological polar surface area (TPSA) is 23.5 Å². The molecule has 0 aliphatic rings. The third kappa shape index (κ3) is 3.14. The number of nitrogens with zero attached hydrogens (tertiary/aromatic N) is 1. The van der Waals surface area contributed by atoms with Crippen molar-refractivity contribution in [1.29, 1.82) is 0 Å². The van der Waals surface area contributed by atoms with Crippen molar-refractivity contribution in [3.8, 4) is 11.8 Å². The molecule has 2 aromatic carbocycles. The van der Waals surface area contributed by atoms with Gasteiger partial charge in [0.05, 0.1) is 6.54 Å². The molecule has 0 aliphatic carbocycles. The molecule has 0 heterocycles. The molecule has 0 fully saturated rings. The number of fused-ring (bicyclic) bond motifs is 1. The van der Waals surface area contributed by atoms with Crippen LogP contribution in [0.3, 0.4) is 0 Å². The van der Waals surface area contributed by atoms with Crippen molar-refractivity contribution in [1.82, 2.24) is 4.90 Å². The first-order chi connectivity index (χ1) is 9.00. The highest BCUT2D eigenvalue weighted by molar-refractivity contribution is 5.86. The van der Waals surface area contributed by atoms with Crippen molar-refractivity contribution >= 4 is 10.8 Å². The van der Waals surface area contributed by atoms with E-state index in [-0.39, 0.29) is 0 Å². The van der Waals surface area contributed by atoms with Gasteiger partial charge < -0.3 is 5.11 Å². The van der Waals surface area contributed by atoms with Crippen LogP contribution >= 0.6 is 0 Å². The standard InChI is InChI=1S/C17H19NO/c1-17(19,12-7-13-18(2)3)16-11-6-9-14-8-4-5-10-15(14)16/h4-6,8-11,19H,13H2,1-3H3. The van der Waals surface area contributed by atoms with Crippen LogP contribution in [0.15, 0.2) is 42.5 Å². The summed E-state index contributed by atoms with van der Waals surface area (Å²) in [6.45, 7) is 2.39. The minimum Gasteiger partial charge on any atom is -0.374 e. The fourth-order valence-corrected chi connectivity index (χ4v) is 2.09. The lowest BCUT2D eigenvalue weighted by Crippen LogP contribution is -2.20. The quantitative estimate of drug-likeness (QED) is 0.832. The van der Waals surface area contributed by atoms with Gasteiger partial charge in [0.1, 0.15) is 5.60 Å². The van der Waals surface area contributed by atoms with Crippen molar-refractivity contribution < 1.29 is 5.11 Å². The van der Waals surface area contributed by atoms with Gasteiger partial charge in [-0.25, -0.2) is 0 Å². The number of hydrogen-bond acceptors (Lipinski definition) is 2. The first kappa shape index (κ1) is 13.6. The van der Waals surface area contributed by atoms with E-state index in [1.165, 1.54) is 0 Å². The Kier molecular flexibility index (Phi) is 3.90. The van der Waals surface area contributed by atoms with E-state index in [2.05, 4.69) is 11.8 Å². The van der Waals surface area contributed by atoms with Crippen LogP contribution in [0.2, 0.25) is 0 Å². The molecule has 0 bridgehead atoms. The molecule has 1 N–H and O–H groups in total. The maximum Gasteiger partial charge on any atom is 0.148 e. The van der Waals surface area contributed by atoms with Gasteiger partial charge in [-0.2, -0.15) is 0 Å². The van der Waals surface area contributed by atoms with E-state index in [0.717, 1.165) is 16.3 Å². The smallest absolute Gasteiger partial charge is 0.148 e. The van der Waals surface area contributed by atoms with Gasteiger partial charge in [0.15, 0.2) is 0 Å². The summed E-state index contributed by atoms with van der Waals surface area (Å²) in [4.78, 5) is 1.98. The molecule has 2 aromatic rings. The van der Waals surface area contributed by atoms with Gasteiger partial charge in [0.2, 0.25) is 0 Å². The highest BCUT2D eigenvalue weighted by Gasteiger charge is 2.22. The van der Waals surface area contributed by atoms with Crippen molar-refractivity contribution in [2.75, 3.05) is 20.6 Å². The summed E-state index contributed by atoms with van der Waals surface area (Å²) < 4.78 is 0. The van der Waals surface area contributed by atoms with Crippen LogP contribution in [-0.4, -0.2) is 30.6 Å². The van der Waals surface area contributed by atoms with Crippen LogP contribution in [0.1, 0.15) is 12.5 Å². The van der Waals surface area contributed by atoms with E-state index in [9.17, 15) is 5.11 Å². The maximum absolute atomic E-state index is 10.6. The van der Waals surface area contributed by atoms with E-state index in [1.54, 1.807) is 6.92 Å². The van der Waals surface area contributed by atoms with Gasteiger partial charge in [-0.15, -0.1) is 0 Å². The van der Waals surface area contributed by atoms with Gasteiger partial charge in [-0.1, -0.05) is 54.3 Å². The number of hydrogen-bond donors (Lipinski definition) is 1. The molecule has 0 aliphatic heterocycles. The molecule has 19 heavy (non-hydrogen) atoms. The molecule has 2 rings (SSSR count). The van der Waals surface area contributed by atoms with Crippen molar-refractivity contribution in [3.63, 3.8) is 0 Å². The first-order valence-corrected chi connectivity index (χ1v) is 6.36. The molecule has 1 atom stereocenters. The average Bonchev–Trinajstić information content (AvgIpc) is 2.37. The summed E-state index contributed by atoms with van der Waals surface area (Å²) in [7, 11) is 3.92. The molecule has 1 unspecified atom stereocenters. The van der Waals surface area contributed by atoms with E-state index >= 15 is 0 Å². The first-order valence-electron chi connectivity index (χ1n) is 6.36. The van der Waals surface area contributed by atoms with Crippen LogP contribution < -0.4 is 0 Å². The van der Waals surface area contributed by atoms with Gasteiger partial charge >= 0.3 is 0 Å². The third-order valence-electron chi connectivity index (χ3n) is 3.04. The molecule has 2 heteroatoms. The highest BCUT2D eigenvalue weighted by Crippen LogP contribution is 2.28. The maximum atomic E-state index is 10.6. The van der Waals surface area contributed by atoms with E-state index < -0.39 is 5.60 Å². The summed E-state index contributed by atoms with van der Waals surface area (Å²) in [6.07, 6.45) is 0. The predicted octanol–water partition coefficient (Wildman–Crippen LogP) is 2.61. The fourth-order valence-electron chi connectivity index (χ4n) is 2.09. The van der Waals surface area contributed by atoms with Crippen LogP contribution in [0.4, 0.5) is 0 Å². The Morgan fingerprint density at radius 2 is 1.79 bits per heavy atom. The fraction of sp³-hybridized carbons (Fsp3) is 0.294. The van der Waals surface area contributed by atoms with Crippen LogP contribution in [0.25, 0.3) is 10.8 Å². The Labute approximate surface area is 114 Å². The third-order valence-corrected chi connectivity index (χ3v) is 3.04. The lowest BCUT2D eigenvalue weighted by molar-refractivity contribution is 0.123. The lowest BCUT2D eigenvalue weighted by Gasteiger charge is -2.19. The molecule has 2 nitrogen and oxygen atoms in total. The SMILES string of the molecule is CN(C)CC#CC(C)(O)c1cccc2ccccc12. The number of aliphatic hydroxyl groups is 1. The minimum absolute atomic E-state index is 0.640. The molecular weight excluding hydrogens is 234 g/mol. The number of benzene rings is 2. The van der Waals surface area contributed by atoms with Gasteiger partial charge in [-0.3, -0.25) is 4.90 Å². The summed E-state index contributed by atoms with van der Waals surface area (Å²) in [6, 6.07) is 14.0. The van der Waals surface area contributed by atoms with Gasteiger partial charge in [0.25, 0.3) is 0 Å². The Bertz CT molecular complexity index is 627. The zero-order chi connectivity index (χ0) is 13.9. The molecule has 0 amide bonds. The molecule has 0 radical (unpaired) electrons. The Morgan fingerprint density at radius 3 is 2.53 bits per heavy atom. The zero-order valence-electron chi connectivity index (χ0n) is 11.6. The lowest BCUT2D eigenvalue weighted by atomic mass is 9.91. The second kappa shape index (κ2) is 5.44. The van der Waals surface area contributed by atoms with Crippen LogP contribution in [0.5, 0.6) is 0 Å². The Balaban J connectivity index is 2.44. The summed E-state index contributed by atoms with van der Waals surface area (Å²) in [5.41, 5.74) is -0.270. The van der Waals surface area contributed by atoms with Crippen molar-refractivity contribution in [3.05, 3.63) is 48.0 Å². The summed E-state index contributed by atoms with van der Waals surface area (Å²) >= 11 is 0. The molecule has 0 aromatic heterocycles. The molecule has 98 valence electrons. The van der Waals surface area contributed by atoms with Gasteiger partial charge in [0, 0.05) is 5.56 Å². The van der Waals surface area contributed by atoms with Gasteiger partial charge in [-0.05, 0) is 31.8 Å². The van der Waals surface area contributed by atoms with Crippen LogP contribution in [-0.2, 0) is 5.60 Å². The second-order valence-electron chi connectivity index (χ2n) is 5.14. The highest BCUT2D eigenvalue weighted by atomic mass is 16.3. The van der Waals surface area contributed by atoms with Crippen molar-refractivity contribution in [2.24, 2.45) is 0 Å². The predicted molar refractivity (Wildman–Crippen MR) is 79.8 cm³/mol. The van der Waals surface area contributed by atoms with E-state index in [0.29, 0.717) is 6.54 Å². The molecule has 0 spiro atoms. The van der Waals surface area contributed by atoms with Crippen molar-refractivity contribution in [2.45, 2.75) is 12.5 Å². The molecular formula is C17H19NO. The van der Waals surface area contributed by atoms with E-state index in [4.69, 9.17) is 0 Å². The molecule has 0 saturated carbocycles. The normalized spacial score (nSPS) is 13.9. The summed E-state index contributed by atoms with van der Waals surface area (Å²) in [5, 5.41) is 12.8. The summed E-state index contributed by atoms with van der Waals surface area (Å²) in [5.74, 6) is 5.98. The second-order valence-corrected chi connectivity index (χ2v) is 5.14. The number of rotatable bonds is 2. The minimum atomic E-state index is -1.13. The monoisotopic (exact) mass is 253 g/mol.